The van der Waals surface area contributed by atoms with Gasteiger partial charge >= 0.3 is 0 Å². The molecule has 0 unspecified atom stereocenters. The summed E-state index contributed by atoms with van der Waals surface area (Å²) in [6.07, 6.45) is 4.17. The third kappa shape index (κ3) is 4.22. The van der Waals surface area contributed by atoms with E-state index in [1.807, 2.05) is 23.1 Å². The number of ether oxygens (including phenoxy) is 4. The van der Waals surface area contributed by atoms with Gasteiger partial charge in [-0.3, -0.25) is 4.79 Å². The van der Waals surface area contributed by atoms with Crippen molar-refractivity contribution >= 4 is 5.91 Å². The number of likely N-dealkylation sites (tertiary alicyclic amines) is 1. The maximum atomic E-state index is 13.9. The molecule has 178 valence electrons. The third-order valence-corrected chi connectivity index (χ3v) is 7.23. The quantitative estimate of drug-likeness (QED) is 0.703. The van der Waals surface area contributed by atoms with E-state index in [0.717, 1.165) is 31.2 Å². The molecule has 2 aromatic rings. The number of amides is 1. The number of nitrogens with zero attached hydrogens (tertiary/aromatic N) is 1. The molecule has 1 saturated carbocycles. The molecule has 0 bridgehead atoms. The van der Waals surface area contributed by atoms with E-state index in [-0.39, 0.29) is 17.9 Å². The first-order valence-corrected chi connectivity index (χ1v) is 11.4. The topological polar surface area (TPSA) is 77.5 Å². The van der Waals surface area contributed by atoms with E-state index in [4.69, 9.17) is 18.9 Å². The highest BCUT2D eigenvalue weighted by Crippen LogP contribution is 2.51. The number of hydrogen-bond donors (Lipinski definition) is 1. The zero-order valence-electron chi connectivity index (χ0n) is 19.8. The summed E-state index contributed by atoms with van der Waals surface area (Å²) in [5.41, 5.74) is 0.551. The Bertz CT molecular complexity index is 1010. The minimum absolute atomic E-state index is 0.0875. The molecule has 33 heavy (non-hydrogen) atoms. The fourth-order valence-electron chi connectivity index (χ4n) is 5.49. The molecule has 3 atom stereocenters. The van der Waals surface area contributed by atoms with Gasteiger partial charge in [0, 0.05) is 30.2 Å². The number of hydrogen-bond acceptors (Lipinski definition) is 6. The Morgan fingerprint density at radius 1 is 0.909 bits per heavy atom. The second-order valence-electron chi connectivity index (χ2n) is 8.82. The number of carbonyl (C=O) groups excluding carboxylic acids is 1. The first-order chi connectivity index (χ1) is 16.0. The third-order valence-electron chi connectivity index (χ3n) is 7.23. The number of rotatable bonds is 6. The highest BCUT2D eigenvalue weighted by molar-refractivity contribution is 5.97. The number of fused-ring (bicyclic) bond motifs is 1. The van der Waals surface area contributed by atoms with E-state index in [1.165, 1.54) is 0 Å². The minimum atomic E-state index is -0.797. The Kier molecular flexibility index (Phi) is 6.70. The summed E-state index contributed by atoms with van der Waals surface area (Å²) in [7, 11) is 6.36. The van der Waals surface area contributed by atoms with Gasteiger partial charge in [-0.05, 0) is 43.5 Å². The van der Waals surface area contributed by atoms with Crippen LogP contribution < -0.4 is 18.9 Å². The zero-order valence-corrected chi connectivity index (χ0v) is 19.8. The van der Waals surface area contributed by atoms with Gasteiger partial charge in [0.2, 0.25) is 0 Å². The van der Waals surface area contributed by atoms with Crippen LogP contribution in [0.15, 0.2) is 36.4 Å². The molecule has 1 heterocycles. The van der Waals surface area contributed by atoms with Crippen LogP contribution in [0.4, 0.5) is 0 Å². The van der Waals surface area contributed by atoms with Crippen LogP contribution in [0.1, 0.15) is 54.1 Å². The molecular weight excluding hydrogens is 422 g/mol. The lowest BCUT2D eigenvalue weighted by molar-refractivity contribution is -0.115. The summed E-state index contributed by atoms with van der Waals surface area (Å²) >= 11 is 0. The highest BCUT2D eigenvalue weighted by atomic mass is 16.5. The molecule has 0 spiro atoms. The molecule has 0 radical (unpaired) electrons. The van der Waals surface area contributed by atoms with Crippen LogP contribution >= 0.6 is 0 Å². The predicted octanol–water partition coefficient (Wildman–Crippen LogP) is 4.23. The van der Waals surface area contributed by atoms with Crippen molar-refractivity contribution in [3.8, 4) is 23.0 Å². The molecule has 1 aliphatic carbocycles. The van der Waals surface area contributed by atoms with Gasteiger partial charge in [0.05, 0.1) is 45.6 Å². The van der Waals surface area contributed by atoms with Crippen LogP contribution in [0.5, 0.6) is 23.0 Å². The van der Waals surface area contributed by atoms with Gasteiger partial charge in [0.25, 0.3) is 5.91 Å². The Hall–Kier alpha value is -2.93. The van der Waals surface area contributed by atoms with Gasteiger partial charge < -0.3 is 29.0 Å². The maximum Gasteiger partial charge on any atom is 0.258 e. The Balaban J connectivity index is 1.81. The maximum absolute atomic E-state index is 13.9. The molecule has 1 amide bonds. The summed E-state index contributed by atoms with van der Waals surface area (Å²) in [6, 6.07) is 10.6. The molecule has 0 aromatic heterocycles. The van der Waals surface area contributed by atoms with Crippen molar-refractivity contribution < 1.29 is 28.8 Å². The van der Waals surface area contributed by atoms with Crippen LogP contribution in [0.25, 0.3) is 0 Å². The molecule has 7 nitrogen and oxygen atoms in total. The monoisotopic (exact) mass is 455 g/mol. The summed E-state index contributed by atoms with van der Waals surface area (Å²) in [6.45, 7) is 0.445. The van der Waals surface area contributed by atoms with Gasteiger partial charge in [-0.25, -0.2) is 0 Å². The lowest BCUT2D eigenvalue weighted by Gasteiger charge is -2.52. The standard InChI is InChI=1S/C26H33NO6/c1-30-17-8-10-19(22(15-17)32-3)24-21-7-5-6-12-26(21,29)13-14-27(24)25(28)20-11-9-18(31-2)16-23(20)33-4/h8-11,15-16,21,24,29H,5-7,12-14H2,1-4H3/t21-,24-,26-/m1/s1. The van der Waals surface area contributed by atoms with E-state index in [9.17, 15) is 9.90 Å². The van der Waals surface area contributed by atoms with Gasteiger partial charge in [0.1, 0.15) is 23.0 Å². The van der Waals surface area contributed by atoms with Crippen molar-refractivity contribution in [3.05, 3.63) is 47.5 Å². The first-order valence-electron chi connectivity index (χ1n) is 11.4. The second kappa shape index (κ2) is 9.51. The van der Waals surface area contributed by atoms with E-state index in [2.05, 4.69) is 0 Å². The molecule has 2 fully saturated rings. The van der Waals surface area contributed by atoms with Crippen molar-refractivity contribution in [1.82, 2.24) is 4.90 Å². The van der Waals surface area contributed by atoms with E-state index in [1.54, 1.807) is 46.6 Å². The number of carbonyl (C=O) groups is 1. The van der Waals surface area contributed by atoms with Gasteiger partial charge in [-0.1, -0.05) is 12.8 Å². The predicted molar refractivity (Wildman–Crippen MR) is 124 cm³/mol. The lowest BCUT2D eigenvalue weighted by atomic mass is 9.66. The molecule has 2 aliphatic rings. The smallest absolute Gasteiger partial charge is 0.258 e. The second-order valence-corrected chi connectivity index (χ2v) is 8.82. The van der Waals surface area contributed by atoms with E-state index >= 15 is 0 Å². The van der Waals surface area contributed by atoms with E-state index < -0.39 is 5.60 Å². The lowest BCUT2D eigenvalue weighted by Crippen LogP contribution is -2.56. The van der Waals surface area contributed by atoms with Crippen LogP contribution in [0.2, 0.25) is 0 Å². The molecule has 2 aromatic carbocycles. The fraction of sp³-hybridized carbons (Fsp3) is 0.500. The average molecular weight is 456 g/mol. The van der Waals surface area contributed by atoms with Crippen molar-refractivity contribution in [3.63, 3.8) is 0 Å². The zero-order chi connectivity index (χ0) is 23.6. The van der Waals surface area contributed by atoms with Crippen LogP contribution in [0.3, 0.4) is 0 Å². The SMILES string of the molecule is COc1ccc(C(=O)N2CC[C@]3(O)CCCC[C@@H]3[C@H]2c2ccc(OC)cc2OC)c(OC)c1. The molecule has 7 heteroatoms. The van der Waals surface area contributed by atoms with Crippen molar-refractivity contribution in [1.29, 1.82) is 0 Å². The molecule has 4 rings (SSSR count). The summed E-state index contributed by atoms with van der Waals surface area (Å²) < 4.78 is 21.9. The van der Waals surface area contributed by atoms with Crippen molar-refractivity contribution in [2.24, 2.45) is 5.92 Å². The van der Waals surface area contributed by atoms with Gasteiger partial charge in [-0.15, -0.1) is 0 Å². The van der Waals surface area contributed by atoms with Gasteiger partial charge in [-0.2, -0.15) is 0 Å². The molecular formula is C26H33NO6. The van der Waals surface area contributed by atoms with Crippen molar-refractivity contribution in [2.45, 2.75) is 43.7 Å². The number of piperidine rings is 1. The van der Waals surface area contributed by atoms with Crippen molar-refractivity contribution in [2.75, 3.05) is 35.0 Å². The minimum Gasteiger partial charge on any atom is -0.497 e. The fourth-order valence-corrected chi connectivity index (χ4v) is 5.49. The Labute approximate surface area is 195 Å². The van der Waals surface area contributed by atoms with E-state index in [0.29, 0.717) is 41.5 Å². The summed E-state index contributed by atoms with van der Waals surface area (Å²) in [5.74, 6) is 2.19. The van der Waals surface area contributed by atoms with Gasteiger partial charge in [0.15, 0.2) is 0 Å². The largest absolute Gasteiger partial charge is 0.497 e. The Morgan fingerprint density at radius 2 is 1.58 bits per heavy atom. The normalized spacial score (nSPS) is 24.6. The first kappa shape index (κ1) is 23.2. The molecule has 1 aliphatic heterocycles. The Morgan fingerprint density at radius 3 is 2.24 bits per heavy atom. The highest BCUT2D eigenvalue weighted by Gasteiger charge is 2.51. The average Bonchev–Trinajstić information content (AvgIpc) is 2.86. The van der Waals surface area contributed by atoms with Crippen LogP contribution in [-0.2, 0) is 0 Å². The summed E-state index contributed by atoms with van der Waals surface area (Å²) in [4.78, 5) is 15.8. The number of methoxy groups -OCH3 is 4. The van der Waals surface area contributed by atoms with Crippen LogP contribution in [0, 0.1) is 5.92 Å². The number of benzene rings is 2. The molecule has 1 N–H and O–H groups in total. The number of aliphatic hydroxyl groups is 1. The van der Waals surface area contributed by atoms with Crippen LogP contribution in [-0.4, -0.2) is 56.5 Å². The summed E-state index contributed by atoms with van der Waals surface area (Å²) in [5, 5.41) is 11.6. The molecule has 1 saturated heterocycles.